The summed E-state index contributed by atoms with van der Waals surface area (Å²) in [5.41, 5.74) is -0.726. The van der Waals surface area contributed by atoms with Gasteiger partial charge in [-0.25, -0.2) is 0 Å². The average Bonchev–Trinajstić information content (AvgIpc) is 2.64. The lowest BCUT2D eigenvalue weighted by Gasteiger charge is -2.37. The Balaban J connectivity index is 2.17. The molecule has 1 aliphatic rings. The summed E-state index contributed by atoms with van der Waals surface area (Å²) < 4.78 is 0.945. The fourth-order valence-corrected chi connectivity index (χ4v) is 3.37. The number of carbonyl (C=O) groups is 2. The van der Waals surface area contributed by atoms with Gasteiger partial charge < -0.3 is 10.4 Å². The molecular formula is C16H20BrNO3. The Morgan fingerprint density at radius 3 is 2.29 bits per heavy atom. The lowest BCUT2D eigenvalue weighted by molar-refractivity contribution is -0.154. The van der Waals surface area contributed by atoms with E-state index in [2.05, 4.69) is 21.2 Å². The largest absolute Gasteiger partial charge is 0.481 e. The van der Waals surface area contributed by atoms with Crippen LogP contribution in [0.5, 0.6) is 0 Å². The van der Waals surface area contributed by atoms with Gasteiger partial charge in [0.2, 0.25) is 5.91 Å². The van der Waals surface area contributed by atoms with Crippen molar-refractivity contribution < 1.29 is 14.7 Å². The van der Waals surface area contributed by atoms with Crippen LogP contribution in [0.25, 0.3) is 0 Å². The van der Waals surface area contributed by atoms with E-state index in [9.17, 15) is 14.7 Å². The minimum Gasteiger partial charge on any atom is -0.481 e. The molecule has 1 fully saturated rings. The van der Waals surface area contributed by atoms with Crippen molar-refractivity contribution in [2.45, 2.75) is 33.6 Å². The van der Waals surface area contributed by atoms with E-state index in [0.29, 0.717) is 12.8 Å². The van der Waals surface area contributed by atoms with Gasteiger partial charge in [-0.05, 0) is 49.4 Å². The Hall–Kier alpha value is -1.36. The van der Waals surface area contributed by atoms with Crippen molar-refractivity contribution in [1.82, 2.24) is 0 Å². The summed E-state index contributed by atoms with van der Waals surface area (Å²) >= 11 is 3.35. The smallest absolute Gasteiger partial charge is 0.309 e. The lowest BCUT2D eigenvalue weighted by atomic mass is 9.65. The predicted octanol–water partition coefficient (Wildman–Crippen LogP) is 3.91. The highest BCUT2D eigenvalue weighted by Crippen LogP contribution is 2.56. The molecule has 2 rings (SSSR count). The van der Waals surface area contributed by atoms with E-state index in [0.717, 1.165) is 10.2 Å². The number of anilines is 1. The molecule has 0 spiro atoms. The molecule has 4 nitrogen and oxygen atoms in total. The molecule has 0 aromatic heterocycles. The van der Waals surface area contributed by atoms with Crippen LogP contribution in [0, 0.1) is 16.7 Å². The second-order valence-electron chi connectivity index (χ2n) is 6.45. The summed E-state index contributed by atoms with van der Waals surface area (Å²) in [6, 6.07) is 7.36. The molecule has 2 N–H and O–H groups in total. The summed E-state index contributed by atoms with van der Waals surface area (Å²) in [4.78, 5) is 24.1. The first kappa shape index (κ1) is 16.0. The number of carboxylic acids is 1. The number of rotatable bonds is 3. The topological polar surface area (TPSA) is 66.4 Å². The van der Waals surface area contributed by atoms with Gasteiger partial charge in [0.25, 0.3) is 0 Å². The standard InChI is InChI=1S/C16H20BrNO3/c1-15(2)12(8-9-16(15,3)14(20)21)13(19)18-11-6-4-10(17)5-7-11/h4-7,12H,8-9H2,1-3H3,(H,18,19)(H,20,21). The first-order chi connectivity index (χ1) is 9.68. The number of hydrogen-bond acceptors (Lipinski definition) is 2. The number of halogens is 1. The normalized spacial score (nSPS) is 27.3. The molecular weight excluding hydrogens is 334 g/mol. The number of aliphatic carboxylic acids is 1. The molecule has 2 atom stereocenters. The van der Waals surface area contributed by atoms with Crippen LogP contribution in [0.1, 0.15) is 33.6 Å². The second kappa shape index (κ2) is 5.44. The van der Waals surface area contributed by atoms with Crippen LogP contribution in [0.2, 0.25) is 0 Å². The van der Waals surface area contributed by atoms with Crippen LogP contribution in [0.15, 0.2) is 28.7 Å². The quantitative estimate of drug-likeness (QED) is 0.865. The fourth-order valence-electron chi connectivity index (χ4n) is 3.10. The van der Waals surface area contributed by atoms with Gasteiger partial charge in [0, 0.05) is 16.1 Å². The van der Waals surface area contributed by atoms with Crippen LogP contribution in [-0.2, 0) is 9.59 Å². The summed E-state index contributed by atoms with van der Waals surface area (Å²) in [5.74, 6) is -1.24. The van der Waals surface area contributed by atoms with Crippen molar-refractivity contribution >= 4 is 33.5 Å². The van der Waals surface area contributed by atoms with Crippen molar-refractivity contribution in [1.29, 1.82) is 0 Å². The number of benzene rings is 1. The maximum absolute atomic E-state index is 12.5. The van der Waals surface area contributed by atoms with Crippen LogP contribution in [-0.4, -0.2) is 17.0 Å². The first-order valence-corrected chi connectivity index (χ1v) is 7.77. The van der Waals surface area contributed by atoms with Gasteiger partial charge in [0.15, 0.2) is 0 Å². The molecule has 1 aromatic rings. The Morgan fingerprint density at radius 2 is 1.81 bits per heavy atom. The van der Waals surface area contributed by atoms with Gasteiger partial charge in [-0.3, -0.25) is 9.59 Å². The van der Waals surface area contributed by atoms with E-state index in [4.69, 9.17) is 0 Å². The Labute approximate surface area is 133 Å². The maximum Gasteiger partial charge on any atom is 0.309 e. The van der Waals surface area contributed by atoms with Gasteiger partial charge in [-0.2, -0.15) is 0 Å². The minimum atomic E-state index is -0.866. The fraction of sp³-hybridized carbons (Fsp3) is 0.500. The second-order valence-corrected chi connectivity index (χ2v) is 7.36. The molecule has 0 radical (unpaired) electrons. The number of nitrogens with one attached hydrogen (secondary N) is 1. The summed E-state index contributed by atoms with van der Waals surface area (Å²) in [6.07, 6.45) is 1.12. The molecule has 0 saturated heterocycles. The van der Waals surface area contributed by atoms with E-state index < -0.39 is 16.8 Å². The van der Waals surface area contributed by atoms with Crippen molar-refractivity contribution in [3.8, 4) is 0 Å². The van der Waals surface area contributed by atoms with Gasteiger partial charge in [-0.1, -0.05) is 29.8 Å². The van der Waals surface area contributed by atoms with Gasteiger partial charge in [-0.15, -0.1) is 0 Å². The van der Waals surface area contributed by atoms with Crippen LogP contribution >= 0.6 is 15.9 Å². The van der Waals surface area contributed by atoms with Crippen molar-refractivity contribution in [2.24, 2.45) is 16.7 Å². The third-order valence-corrected chi connectivity index (χ3v) is 5.66. The molecule has 114 valence electrons. The Morgan fingerprint density at radius 1 is 1.24 bits per heavy atom. The molecule has 1 aromatic carbocycles. The molecule has 5 heteroatoms. The van der Waals surface area contributed by atoms with E-state index in [1.807, 2.05) is 38.1 Å². The van der Waals surface area contributed by atoms with Crippen LogP contribution in [0.4, 0.5) is 5.69 Å². The molecule has 2 unspecified atom stereocenters. The highest BCUT2D eigenvalue weighted by atomic mass is 79.9. The molecule has 21 heavy (non-hydrogen) atoms. The highest BCUT2D eigenvalue weighted by molar-refractivity contribution is 9.10. The number of amides is 1. The number of hydrogen-bond donors (Lipinski definition) is 2. The average molecular weight is 354 g/mol. The number of carboxylic acid groups (broad SMARTS) is 1. The van der Waals surface area contributed by atoms with Crippen LogP contribution in [0.3, 0.4) is 0 Å². The van der Waals surface area contributed by atoms with E-state index in [-0.39, 0.29) is 11.8 Å². The molecule has 1 amide bonds. The lowest BCUT2D eigenvalue weighted by Crippen LogP contribution is -2.43. The molecule has 0 aliphatic heterocycles. The number of carbonyl (C=O) groups excluding carboxylic acids is 1. The van der Waals surface area contributed by atoms with E-state index in [1.54, 1.807) is 6.92 Å². The summed E-state index contributed by atoms with van der Waals surface area (Å²) in [6.45, 7) is 5.49. The first-order valence-electron chi connectivity index (χ1n) is 6.98. The van der Waals surface area contributed by atoms with Crippen molar-refractivity contribution in [2.75, 3.05) is 5.32 Å². The monoisotopic (exact) mass is 353 g/mol. The zero-order valence-electron chi connectivity index (χ0n) is 12.4. The van der Waals surface area contributed by atoms with Crippen LogP contribution < -0.4 is 5.32 Å². The van der Waals surface area contributed by atoms with Gasteiger partial charge in [0.05, 0.1) is 5.41 Å². The third-order valence-electron chi connectivity index (χ3n) is 5.13. The van der Waals surface area contributed by atoms with Gasteiger partial charge in [0.1, 0.15) is 0 Å². The highest BCUT2D eigenvalue weighted by Gasteiger charge is 2.58. The van der Waals surface area contributed by atoms with E-state index in [1.165, 1.54) is 0 Å². The molecule has 1 aliphatic carbocycles. The zero-order chi connectivity index (χ0) is 15.8. The minimum absolute atomic E-state index is 0.104. The molecule has 1 saturated carbocycles. The molecule has 0 bridgehead atoms. The maximum atomic E-state index is 12.5. The Kier molecular flexibility index (Phi) is 4.15. The summed E-state index contributed by atoms with van der Waals surface area (Å²) in [7, 11) is 0. The van der Waals surface area contributed by atoms with Crippen molar-refractivity contribution in [3.63, 3.8) is 0 Å². The third kappa shape index (κ3) is 2.71. The molecule has 0 heterocycles. The predicted molar refractivity (Wildman–Crippen MR) is 85.0 cm³/mol. The SMILES string of the molecule is CC1(C(=O)O)CCC(C(=O)Nc2ccc(Br)cc2)C1(C)C. The zero-order valence-corrected chi connectivity index (χ0v) is 14.0. The van der Waals surface area contributed by atoms with Crippen molar-refractivity contribution in [3.05, 3.63) is 28.7 Å². The Bertz CT molecular complexity index is 567. The van der Waals surface area contributed by atoms with Gasteiger partial charge >= 0.3 is 5.97 Å². The van der Waals surface area contributed by atoms with E-state index >= 15 is 0 Å². The summed E-state index contributed by atoms with van der Waals surface area (Å²) in [5, 5.41) is 12.4.